The molecular weight excluding hydrogens is 348 g/mol. The van der Waals surface area contributed by atoms with Crippen LogP contribution in [-0.4, -0.2) is 57.1 Å². The molecule has 0 radical (unpaired) electrons. The Morgan fingerprint density at radius 1 is 1.48 bits per heavy atom. The first-order valence-electron chi connectivity index (χ1n) is 8.20. The monoisotopic (exact) mass is 372 g/mol. The highest BCUT2D eigenvalue weighted by atomic mass is 32.2. The van der Waals surface area contributed by atoms with Crippen molar-refractivity contribution in [1.82, 2.24) is 4.90 Å². The largest absolute Gasteiger partial charge is 0.379 e. The lowest BCUT2D eigenvalue weighted by molar-refractivity contribution is -0.384. The number of hydrogen-bond donors (Lipinski definition) is 2. The van der Waals surface area contributed by atoms with E-state index in [0.29, 0.717) is 6.54 Å². The molecule has 10 heteroatoms. The van der Waals surface area contributed by atoms with Gasteiger partial charge in [-0.05, 0) is 31.5 Å². The van der Waals surface area contributed by atoms with Gasteiger partial charge < -0.3 is 10.1 Å². The van der Waals surface area contributed by atoms with Gasteiger partial charge in [0.2, 0.25) is 10.0 Å². The molecule has 0 spiro atoms. The van der Waals surface area contributed by atoms with Crippen LogP contribution in [0.2, 0.25) is 0 Å². The summed E-state index contributed by atoms with van der Waals surface area (Å²) < 4.78 is 28.4. The summed E-state index contributed by atoms with van der Waals surface area (Å²) in [7, 11) is -3.98. The number of nitrogens with one attached hydrogen (secondary N) is 1. The van der Waals surface area contributed by atoms with Crippen molar-refractivity contribution in [1.29, 1.82) is 0 Å². The summed E-state index contributed by atoms with van der Waals surface area (Å²) in [5.41, 5.74) is -0.0326. The van der Waals surface area contributed by atoms with Gasteiger partial charge in [0.25, 0.3) is 5.69 Å². The summed E-state index contributed by atoms with van der Waals surface area (Å²) in [4.78, 5) is 12.6. The number of rotatable bonds is 8. The number of nitrogens with zero attached hydrogens (tertiary/aromatic N) is 2. The first-order valence-corrected chi connectivity index (χ1v) is 9.75. The SMILES string of the molecule is CCN1CCOC(CCCNc2ccc(S(N)(=O)=O)cc2[N+](=O)[O-])C1. The summed E-state index contributed by atoms with van der Waals surface area (Å²) in [6, 6.07) is 3.60. The van der Waals surface area contributed by atoms with Gasteiger partial charge in [-0.25, -0.2) is 13.6 Å². The molecule has 1 atom stereocenters. The minimum Gasteiger partial charge on any atom is -0.379 e. The fraction of sp³-hybridized carbons (Fsp3) is 0.600. The standard InChI is InChI=1S/C15H24N4O5S/c1-2-18-8-9-24-12(11-18)4-3-7-17-14-6-5-13(25(16,22)23)10-15(14)19(20)21/h5-6,10,12,17H,2-4,7-9,11H2,1H3,(H2,16,22,23). The van der Waals surface area contributed by atoms with E-state index in [2.05, 4.69) is 17.1 Å². The van der Waals surface area contributed by atoms with Crippen LogP contribution in [0.4, 0.5) is 11.4 Å². The van der Waals surface area contributed by atoms with Crippen molar-refractivity contribution in [3.05, 3.63) is 28.3 Å². The van der Waals surface area contributed by atoms with Crippen molar-refractivity contribution >= 4 is 21.4 Å². The second-order valence-corrected chi connectivity index (χ2v) is 7.50. The molecule has 0 saturated carbocycles. The van der Waals surface area contributed by atoms with Gasteiger partial charge in [-0.1, -0.05) is 6.92 Å². The molecule has 1 fully saturated rings. The molecule has 0 bridgehead atoms. The van der Waals surface area contributed by atoms with Gasteiger partial charge in [0.1, 0.15) is 5.69 Å². The topological polar surface area (TPSA) is 128 Å². The number of nitro benzene ring substituents is 1. The first kappa shape index (κ1) is 19.6. The summed E-state index contributed by atoms with van der Waals surface area (Å²) in [6.45, 7) is 6.23. The molecule has 1 saturated heterocycles. The average molecular weight is 372 g/mol. The van der Waals surface area contributed by atoms with E-state index in [1.54, 1.807) is 0 Å². The number of morpholine rings is 1. The van der Waals surface area contributed by atoms with Crippen LogP contribution in [0, 0.1) is 10.1 Å². The van der Waals surface area contributed by atoms with Gasteiger partial charge in [0, 0.05) is 25.7 Å². The number of nitrogens with two attached hydrogens (primary N) is 1. The zero-order chi connectivity index (χ0) is 18.4. The van der Waals surface area contributed by atoms with E-state index in [1.807, 2.05) is 0 Å². The van der Waals surface area contributed by atoms with Gasteiger partial charge in [0.05, 0.1) is 22.5 Å². The quantitative estimate of drug-likeness (QED) is 0.398. The van der Waals surface area contributed by atoms with E-state index in [0.717, 1.165) is 45.1 Å². The van der Waals surface area contributed by atoms with Crippen molar-refractivity contribution in [2.45, 2.75) is 30.8 Å². The molecule has 1 aliphatic rings. The Hall–Kier alpha value is -1.75. The van der Waals surface area contributed by atoms with Crippen LogP contribution in [0.25, 0.3) is 0 Å². The van der Waals surface area contributed by atoms with Gasteiger partial charge in [-0.2, -0.15) is 0 Å². The maximum absolute atomic E-state index is 11.3. The fourth-order valence-electron chi connectivity index (χ4n) is 2.78. The number of primary sulfonamides is 1. The summed E-state index contributed by atoms with van der Waals surface area (Å²) in [6.07, 6.45) is 1.82. The Bertz CT molecular complexity index is 710. The highest BCUT2D eigenvalue weighted by molar-refractivity contribution is 7.89. The number of sulfonamides is 1. The highest BCUT2D eigenvalue weighted by Crippen LogP contribution is 2.27. The van der Waals surface area contributed by atoms with Crippen LogP contribution < -0.4 is 10.5 Å². The molecule has 1 aromatic rings. The maximum atomic E-state index is 11.3. The zero-order valence-electron chi connectivity index (χ0n) is 14.2. The normalized spacial score (nSPS) is 18.9. The van der Waals surface area contributed by atoms with Crippen LogP contribution >= 0.6 is 0 Å². The Balaban J connectivity index is 1.91. The van der Waals surface area contributed by atoms with Crippen LogP contribution in [0.3, 0.4) is 0 Å². The number of benzene rings is 1. The minimum absolute atomic E-state index is 0.176. The highest BCUT2D eigenvalue weighted by Gasteiger charge is 2.20. The molecule has 0 amide bonds. The Morgan fingerprint density at radius 3 is 2.88 bits per heavy atom. The van der Waals surface area contributed by atoms with Crippen molar-refractivity contribution in [2.24, 2.45) is 5.14 Å². The third kappa shape index (κ3) is 5.63. The van der Waals surface area contributed by atoms with Crippen LogP contribution in [0.1, 0.15) is 19.8 Å². The third-order valence-electron chi connectivity index (χ3n) is 4.18. The molecule has 1 aliphatic heterocycles. The second-order valence-electron chi connectivity index (χ2n) is 5.94. The van der Waals surface area contributed by atoms with Crippen molar-refractivity contribution in [2.75, 3.05) is 38.1 Å². The van der Waals surface area contributed by atoms with E-state index in [1.165, 1.54) is 12.1 Å². The van der Waals surface area contributed by atoms with Crippen LogP contribution in [0.5, 0.6) is 0 Å². The van der Waals surface area contributed by atoms with E-state index < -0.39 is 14.9 Å². The zero-order valence-corrected chi connectivity index (χ0v) is 15.0. The molecule has 25 heavy (non-hydrogen) atoms. The van der Waals surface area contributed by atoms with E-state index in [-0.39, 0.29) is 22.4 Å². The minimum atomic E-state index is -3.98. The Labute approximate surface area is 147 Å². The predicted molar refractivity (Wildman–Crippen MR) is 94.0 cm³/mol. The van der Waals surface area contributed by atoms with Gasteiger partial charge in [-0.15, -0.1) is 0 Å². The number of hydrogen-bond acceptors (Lipinski definition) is 7. The summed E-state index contributed by atoms with van der Waals surface area (Å²) >= 11 is 0. The van der Waals surface area contributed by atoms with Crippen LogP contribution in [-0.2, 0) is 14.8 Å². The number of ether oxygens (including phenoxy) is 1. The number of nitro groups is 1. The lowest BCUT2D eigenvalue weighted by Gasteiger charge is -2.32. The Morgan fingerprint density at radius 2 is 2.24 bits per heavy atom. The molecule has 1 heterocycles. The van der Waals surface area contributed by atoms with E-state index >= 15 is 0 Å². The first-order chi connectivity index (χ1) is 11.8. The molecule has 9 nitrogen and oxygen atoms in total. The average Bonchev–Trinajstić information content (AvgIpc) is 2.58. The fourth-order valence-corrected chi connectivity index (χ4v) is 3.32. The van der Waals surface area contributed by atoms with Crippen LogP contribution in [0.15, 0.2) is 23.1 Å². The predicted octanol–water partition coefficient (Wildman–Crippen LogP) is 1.16. The number of likely N-dealkylation sites (N-methyl/N-ethyl adjacent to an activating group) is 1. The van der Waals surface area contributed by atoms with Crippen molar-refractivity contribution in [3.8, 4) is 0 Å². The Kier molecular flexibility index (Phi) is 6.71. The third-order valence-corrected chi connectivity index (χ3v) is 5.09. The lowest BCUT2D eigenvalue weighted by Crippen LogP contribution is -2.42. The van der Waals surface area contributed by atoms with Gasteiger partial charge in [0.15, 0.2) is 0 Å². The van der Waals surface area contributed by atoms with Crippen molar-refractivity contribution in [3.63, 3.8) is 0 Å². The lowest BCUT2D eigenvalue weighted by atomic mass is 10.1. The van der Waals surface area contributed by atoms with E-state index in [9.17, 15) is 18.5 Å². The molecule has 0 aromatic heterocycles. The maximum Gasteiger partial charge on any atom is 0.293 e. The summed E-state index contributed by atoms with van der Waals surface area (Å²) in [5, 5.41) is 19.2. The second kappa shape index (κ2) is 8.56. The molecule has 0 aliphatic carbocycles. The van der Waals surface area contributed by atoms with Gasteiger partial charge in [-0.3, -0.25) is 15.0 Å². The molecule has 140 valence electrons. The summed E-state index contributed by atoms with van der Waals surface area (Å²) in [5.74, 6) is 0. The smallest absolute Gasteiger partial charge is 0.293 e. The molecule has 1 unspecified atom stereocenters. The van der Waals surface area contributed by atoms with E-state index in [4.69, 9.17) is 9.88 Å². The molecule has 3 N–H and O–H groups in total. The molecule has 2 rings (SSSR count). The number of anilines is 1. The van der Waals surface area contributed by atoms with Crippen molar-refractivity contribution < 1.29 is 18.1 Å². The van der Waals surface area contributed by atoms with Gasteiger partial charge >= 0.3 is 0 Å². The molecule has 1 aromatic carbocycles. The molecular formula is C15H24N4O5S.